The van der Waals surface area contributed by atoms with Crippen molar-refractivity contribution in [3.8, 4) is 0 Å². The van der Waals surface area contributed by atoms with Crippen LogP contribution in [-0.2, 0) is 11.2 Å². The van der Waals surface area contributed by atoms with E-state index in [1.165, 1.54) is 6.33 Å². The maximum atomic E-state index is 12.2. The third kappa shape index (κ3) is 6.02. The molecule has 0 aliphatic carbocycles. The number of carboxylic acid groups (broad SMARTS) is 1. The third-order valence-corrected chi connectivity index (χ3v) is 2.09. The van der Waals surface area contributed by atoms with Crippen LogP contribution < -0.4 is 5.32 Å². The molecule has 0 aliphatic heterocycles. The molecule has 0 aliphatic rings. The smallest absolute Gasteiger partial charge is 0.406 e. The summed E-state index contributed by atoms with van der Waals surface area (Å²) in [6, 6.07) is -1.11. The maximum absolute atomic E-state index is 12.2. The number of H-pyrrole nitrogens is 1. The number of amides is 2. The number of carbonyl (C=O) groups is 2. The van der Waals surface area contributed by atoms with Crippen LogP contribution in [0.5, 0.6) is 0 Å². The molecule has 0 saturated carbocycles. The van der Waals surface area contributed by atoms with Gasteiger partial charge < -0.3 is 15.3 Å². The molecule has 0 radical (unpaired) electrons. The van der Waals surface area contributed by atoms with Crippen molar-refractivity contribution in [2.75, 3.05) is 19.6 Å². The van der Waals surface area contributed by atoms with E-state index < -0.39 is 31.3 Å². The van der Waals surface area contributed by atoms with Crippen molar-refractivity contribution in [3.63, 3.8) is 0 Å². The molecule has 0 bridgehead atoms. The van der Waals surface area contributed by atoms with Crippen LogP contribution in [0.4, 0.5) is 18.0 Å². The lowest BCUT2D eigenvalue weighted by Gasteiger charge is -2.22. The van der Waals surface area contributed by atoms with Gasteiger partial charge in [-0.05, 0) is 0 Å². The topological polar surface area (TPSA) is 111 Å². The number of rotatable bonds is 6. The fourth-order valence-electron chi connectivity index (χ4n) is 1.33. The van der Waals surface area contributed by atoms with Gasteiger partial charge in [-0.3, -0.25) is 9.89 Å². The summed E-state index contributed by atoms with van der Waals surface area (Å²) in [6.07, 6.45) is -3.19. The Morgan fingerprint density at radius 3 is 2.65 bits per heavy atom. The highest BCUT2D eigenvalue weighted by atomic mass is 19.4. The predicted molar refractivity (Wildman–Crippen MR) is 58.7 cm³/mol. The van der Waals surface area contributed by atoms with Crippen molar-refractivity contribution in [1.82, 2.24) is 25.4 Å². The molecule has 0 atom stereocenters. The lowest BCUT2D eigenvalue weighted by atomic mass is 10.4. The second-order valence-corrected chi connectivity index (χ2v) is 3.78. The first-order valence-corrected chi connectivity index (χ1v) is 5.43. The van der Waals surface area contributed by atoms with Gasteiger partial charge in [-0.15, -0.1) is 0 Å². The van der Waals surface area contributed by atoms with Gasteiger partial charge in [-0.25, -0.2) is 9.78 Å². The highest BCUT2D eigenvalue weighted by molar-refractivity contribution is 5.80. The zero-order chi connectivity index (χ0) is 15.2. The summed E-state index contributed by atoms with van der Waals surface area (Å²) >= 11 is 0. The maximum Gasteiger partial charge on any atom is 0.406 e. The Morgan fingerprint density at radius 1 is 1.45 bits per heavy atom. The molecule has 1 heterocycles. The van der Waals surface area contributed by atoms with Gasteiger partial charge in [0.15, 0.2) is 0 Å². The van der Waals surface area contributed by atoms with Crippen LogP contribution in [0.3, 0.4) is 0 Å². The van der Waals surface area contributed by atoms with Crippen molar-refractivity contribution in [3.05, 3.63) is 12.2 Å². The van der Waals surface area contributed by atoms with Gasteiger partial charge in [-0.2, -0.15) is 18.3 Å². The van der Waals surface area contributed by atoms with Crippen LogP contribution in [0.1, 0.15) is 5.82 Å². The SMILES string of the molecule is O=C(O)CN(CC(F)(F)F)C(=O)NCCc1ncn[nH]1. The Hall–Kier alpha value is -2.33. The monoisotopic (exact) mass is 295 g/mol. The quantitative estimate of drug-likeness (QED) is 0.684. The summed E-state index contributed by atoms with van der Waals surface area (Å²) in [6.45, 7) is -2.66. The van der Waals surface area contributed by atoms with Gasteiger partial charge in [0.25, 0.3) is 0 Å². The molecule has 8 nitrogen and oxygen atoms in total. The van der Waals surface area contributed by atoms with Crippen LogP contribution in [0.2, 0.25) is 0 Å². The first-order chi connectivity index (χ1) is 9.28. The van der Waals surface area contributed by atoms with Crippen molar-refractivity contribution in [1.29, 1.82) is 0 Å². The van der Waals surface area contributed by atoms with Gasteiger partial charge >= 0.3 is 18.2 Å². The lowest BCUT2D eigenvalue weighted by Crippen LogP contribution is -2.47. The lowest BCUT2D eigenvalue weighted by molar-refractivity contribution is -0.148. The molecule has 20 heavy (non-hydrogen) atoms. The molecule has 112 valence electrons. The van der Waals surface area contributed by atoms with Gasteiger partial charge in [-0.1, -0.05) is 0 Å². The molecule has 11 heteroatoms. The zero-order valence-corrected chi connectivity index (χ0v) is 10.1. The highest BCUT2D eigenvalue weighted by Crippen LogP contribution is 2.16. The van der Waals surface area contributed by atoms with E-state index in [0.29, 0.717) is 5.82 Å². The molecule has 1 rings (SSSR count). The van der Waals surface area contributed by atoms with Gasteiger partial charge in [0, 0.05) is 13.0 Å². The number of aromatic amines is 1. The first kappa shape index (κ1) is 15.7. The molecule has 0 saturated heterocycles. The van der Waals surface area contributed by atoms with Gasteiger partial charge in [0.05, 0.1) is 0 Å². The summed E-state index contributed by atoms with van der Waals surface area (Å²) in [7, 11) is 0. The summed E-state index contributed by atoms with van der Waals surface area (Å²) in [5, 5.41) is 16.7. The fraction of sp³-hybridized carbons (Fsp3) is 0.556. The molecule has 1 aromatic heterocycles. The van der Waals surface area contributed by atoms with E-state index in [2.05, 4.69) is 20.5 Å². The van der Waals surface area contributed by atoms with Crippen molar-refractivity contribution < 1.29 is 27.9 Å². The number of hydrogen-bond acceptors (Lipinski definition) is 4. The fourth-order valence-corrected chi connectivity index (χ4v) is 1.33. The Labute approximate surface area is 111 Å². The molecule has 0 aromatic carbocycles. The number of nitrogens with one attached hydrogen (secondary N) is 2. The number of alkyl halides is 3. The Morgan fingerprint density at radius 2 is 2.15 bits per heavy atom. The van der Waals surface area contributed by atoms with Gasteiger partial charge in [0.2, 0.25) is 0 Å². The van der Waals surface area contributed by atoms with E-state index in [0.717, 1.165) is 0 Å². The normalized spacial score (nSPS) is 11.2. The van der Waals surface area contributed by atoms with E-state index in [1.54, 1.807) is 0 Å². The van der Waals surface area contributed by atoms with Crippen molar-refractivity contribution >= 4 is 12.0 Å². The van der Waals surface area contributed by atoms with Crippen molar-refractivity contribution in [2.45, 2.75) is 12.6 Å². The third-order valence-electron chi connectivity index (χ3n) is 2.09. The van der Waals surface area contributed by atoms with E-state index >= 15 is 0 Å². The standard InChI is InChI=1S/C9H12F3N5O3/c10-9(11,12)4-17(3-7(18)19)8(20)13-2-1-6-14-5-15-16-6/h5H,1-4H2,(H,13,20)(H,18,19)(H,14,15,16). The first-order valence-electron chi connectivity index (χ1n) is 5.43. The number of hydrogen-bond donors (Lipinski definition) is 3. The van der Waals surface area contributed by atoms with Crippen LogP contribution in [0.15, 0.2) is 6.33 Å². The van der Waals surface area contributed by atoms with Crippen LogP contribution >= 0.6 is 0 Å². The number of carbonyl (C=O) groups excluding carboxylic acids is 1. The zero-order valence-electron chi connectivity index (χ0n) is 10.1. The minimum atomic E-state index is -4.67. The minimum absolute atomic E-state index is 0.00199. The van der Waals surface area contributed by atoms with E-state index in [-0.39, 0.29) is 17.9 Å². The number of urea groups is 1. The summed E-state index contributed by atoms with van der Waals surface area (Å²) in [5.74, 6) is -1.08. The van der Waals surface area contributed by atoms with Crippen LogP contribution in [-0.4, -0.2) is 63.0 Å². The summed E-state index contributed by atoms with van der Waals surface area (Å²) < 4.78 is 36.7. The number of carboxylic acids is 1. The number of nitrogens with zero attached hydrogens (tertiary/aromatic N) is 3. The second-order valence-electron chi connectivity index (χ2n) is 3.78. The van der Waals surface area contributed by atoms with E-state index in [1.807, 2.05) is 0 Å². The predicted octanol–water partition coefficient (Wildman–Crippen LogP) is 0.00570. The molecule has 3 N–H and O–H groups in total. The van der Waals surface area contributed by atoms with Crippen LogP contribution in [0.25, 0.3) is 0 Å². The van der Waals surface area contributed by atoms with E-state index in [4.69, 9.17) is 5.11 Å². The number of aromatic nitrogens is 3. The summed E-state index contributed by atoms with van der Waals surface area (Å²) in [4.78, 5) is 25.9. The average molecular weight is 295 g/mol. The Kier molecular flexibility index (Phi) is 5.29. The number of aliphatic carboxylic acids is 1. The molecular formula is C9H12F3N5O3. The molecule has 1 aromatic rings. The second kappa shape index (κ2) is 6.73. The molecule has 2 amide bonds. The molecular weight excluding hydrogens is 283 g/mol. The molecule has 0 spiro atoms. The molecule has 0 unspecified atom stereocenters. The summed E-state index contributed by atoms with van der Waals surface area (Å²) in [5.41, 5.74) is 0. The average Bonchev–Trinajstić information content (AvgIpc) is 2.78. The van der Waals surface area contributed by atoms with E-state index in [9.17, 15) is 22.8 Å². The number of halogens is 3. The minimum Gasteiger partial charge on any atom is -0.480 e. The highest BCUT2D eigenvalue weighted by Gasteiger charge is 2.33. The van der Waals surface area contributed by atoms with Crippen LogP contribution in [0, 0.1) is 0 Å². The Bertz CT molecular complexity index is 448. The van der Waals surface area contributed by atoms with Gasteiger partial charge in [0.1, 0.15) is 25.2 Å². The largest absolute Gasteiger partial charge is 0.480 e. The molecule has 0 fully saturated rings. The Balaban J connectivity index is 2.47. The van der Waals surface area contributed by atoms with Crippen molar-refractivity contribution in [2.24, 2.45) is 0 Å².